The Labute approximate surface area is 228 Å². The van der Waals surface area contributed by atoms with E-state index in [0.29, 0.717) is 0 Å². The number of methoxy groups -OCH3 is 1. The average Bonchev–Trinajstić information content (AvgIpc) is 3.03. The van der Waals surface area contributed by atoms with Crippen molar-refractivity contribution >= 4 is 31.8 Å². The van der Waals surface area contributed by atoms with Crippen molar-refractivity contribution in [3.63, 3.8) is 0 Å². The van der Waals surface area contributed by atoms with Crippen LogP contribution < -0.4 is 4.74 Å². The van der Waals surface area contributed by atoms with Crippen LogP contribution in [0.2, 0.25) is 0 Å². The van der Waals surface area contributed by atoms with E-state index < -0.39 is 0 Å². The third-order valence-electron chi connectivity index (χ3n) is 7.83. The molecule has 0 N–H and O–H groups in total. The van der Waals surface area contributed by atoms with Gasteiger partial charge in [0, 0.05) is 0 Å². The summed E-state index contributed by atoms with van der Waals surface area (Å²) in [6.07, 6.45) is 0. The van der Waals surface area contributed by atoms with Crippen LogP contribution in [0.3, 0.4) is 0 Å². The first-order valence-electron chi connectivity index (χ1n) is 12.0. The third-order valence-corrected chi connectivity index (χ3v) is 7.83. The van der Waals surface area contributed by atoms with Gasteiger partial charge in [-0.05, 0) is 66.5 Å². The molecule has 0 amide bonds. The summed E-state index contributed by atoms with van der Waals surface area (Å²) >= 11 is 1.47. The van der Waals surface area contributed by atoms with Crippen molar-refractivity contribution in [2.45, 2.75) is 48.5 Å². The number of benzene rings is 3. The Morgan fingerprint density at radius 3 is 1.83 bits per heavy atom. The van der Waals surface area contributed by atoms with Gasteiger partial charge in [0.2, 0.25) is 0 Å². The van der Waals surface area contributed by atoms with Crippen molar-refractivity contribution in [1.82, 2.24) is 0 Å². The summed E-state index contributed by atoms with van der Waals surface area (Å²) in [4.78, 5) is 4.66. The van der Waals surface area contributed by atoms with Gasteiger partial charge in [0.1, 0.15) is 5.75 Å². The molecule has 0 saturated heterocycles. The van der Waals surface area contributed by atoms with Gasteiger partial charge in [-0.2, -0.15) is 0 Å². The first-order chi connectivity index (χ1) is 16.2. The number of aliphatic imine (C=N–C) groups is 1. The quantitative estimate of drug-likeness (QED) is 0.201. The maximum atomic E-state index is 5.16. The van der Waals surface area contributed by atoms with Crippen LogP contribution in [0.4, 0.5) is 5.69 Å². The van der Waals surface area contributed by atoms with Crippen molar-refractivity contribution in [2.75, 3.05) is 7.11 Å². The van der Waals surface area contributed by atoms with Crippen LogP contribution in [-0.2, 0) is 17.9 Å². The van der Waals surface area contributed by atoms with Gasteiger partial charge in [-0.25, -0.2) is 0 Å². The van der Waals surface area contributed by atoms with E-state index in [1.54, 1.807) is 7.11 Å². The van der Waals surface area contributed by atoms with Crippen LogP contribution in [0.5, 0.6) is 5.75 Å². The van der Waals surface area contributed by atoms with E-state index in [4.69, 9.17) is 4.74 Å². The molecule has 3 aromatic carbocycles. The van der Waals surface area contributed by atoms with E-state index in [0.717, 1.165) is 52.3 Å². The molecule has 0 radical (unpaired) electrons. The molecular formula is C31H41ClIrNO. The molecule has 1 fully saturated rings. The fraction of sp³-hybridized carbons (Fsp3) is 0.419. The molecule has 0 unspecified atom stereocenters. The Morgan fingerprint density at radius 2 is 1.34 bits per heavy atom. The number of aryl methyl sites for hydroxylation is 1. The Balaban J connectivity index is 0.000000398. The second-order valence-corrected chi connectivity index (χ2v) is 9.67. The molecule has 0 bridgehead atoms. The summed E-state index contributed by atoms with van der Waals surface area (Å²) < 4.78 is 5.16. The first kappa shape index (κ1) is 31.4. The molecule has 0 aromatic heterocycles. The molecule has 1 aliphatic rings. The van der Waals surface area contributed by atoms with Crippen molar-refractivity contribution in [3.8, 4) is 5.75 Å². The van der Waals surface area contributed by atoms with E-state index in [9.17, 15) is 0 Å². The molecule has 0 heterocycles. The Morgan fingerprint density at radius 1 is 0.829 bits per heavy atom. The van der Waals surface area contributed by atoms with Crippen LogP contribution in [0.25, 0.3) is 10.8 Å². The van der Waals surface area contributed by atoms with Crippen LogP contribution in [0.15, 0.2) is 59.6 Å². The zero-order valence-electron chi connectivity index (χ0n) is 22.6. The maximum absolute atomic E-state index is 5.16. The molecule has 3 aromatic rings. The predicted octanol–water partition coefficient (Wildman–Crippen LogP) is 9.42. The van der Waals surface area contributed by atoms with Crippen molar-refractivity contribution in [2.24, 2.45) is 34.6 Å². The summed E-state index contributed by atoms with van der Waals surface area (Å²) in [6, 6.07) is 21.7. The monoisotopic (exact) mass is 671 g/mol. The van der Waals surface area contributed by atoms with Gasteiger partial charge in [-0.15, -0.1) is 29.1 Å². The van der Waals surface area contributed by atoms with Gasteiger partial charge in [-0.3, -0.25) is 0 Å². The molecule has 1 aliphatic carbocycles. The molecule has 4 rings (SSSR count). The Bertz CT molecular complexity index is 1030. The number of fused-ring (bicyclic) bond motifs is 1. The van der Waals surface area contributed by atoms with E-state index in [1.807, 2.05) is 37.3 Å². The topological polar surface area (TPSA) is 21.6 Å². The van der Waals surface area contributed by atoms with Gasteiger partial charge in [0.15, 0.2) is 0 Å². The van der Waals surface area contributed by atoms with Crippen LogP contribution in [0.1, 0.15) is 52.7 Å². The minimum atomic E-state index is 0. The summed E-state index contributed by atoms with van der Waals surface area (Å²) in [5.41, 5.74) is 4.15. The predicted molar refractivity (Wildman–Crippen MR) is 150 cm³/mol. The summed E-state index contributed by atoms with van der Waals surface area (Å²) in [5.74, 6) is 5.51. The van der Waals surface area contributed by atoms with E-state index in [1.165, 1.54) is 34.2 Å². The normalized spacial score (nSPS) is 23.4. The molecule has 192 valence electrons. The fourth-order valence-electron chi connectivity index (χ4n) is 4.82. The average molecular weight is 671 g/mol. The summed E-state index contributed by atoms with van der Waals surface area (Å²) in [6.45, 7) is 16.1. The fourth-order valence-corrected chi connectivity index (χ4v) is 4.82. The van der Waals surface area contributed by atoms with Crippen molar-refractivity contribution in [3.05, 3.63) is 79.2 Å². The summed E-state index contributed by atoms with van der Waals surface area (Å²) in [5, 5.41) is 2.42. The minimum absolute atomic E-state index is 0. The van der Waals surface area contributed by atoms with E-state index in [2.05, 4.69) is 86.5 Å². The van der Waals surface area contributed by atoms with Gasteiger partial charge in [0.25, 0.3) is 0 Å². The van der Waals surface area contributed by atoms with Crippen LogP contribution >= 0.6 is 9.58 Å². The number of halogens is 1. The van der Waals surface area contributed by atoms with Crippen LogP contribution in [-0.4, -0.2) is 12.8 Å². The zero-order valence-corrected chi connectivity index (χ0v) is 25.8. The SMILES string of the molecule is CC1C(C)C(C)C(C)C1C.COc1ccc(N=C(C)c2[c-]cc3cc(C)ccc3c2)cc1.[CH3-].[Cl][Ir+2]. The molecule has 2 nitrogen and oxygen atoms in total. The van der Waals surface area contributed by atoms with Gasteiger partial charge in [-0.1, -0.05) is 70.7 Å². The standard InChI is InChI=1S/C20H18NO.C10H20.CH3.ClH.Ir/c1-14-4-5-18-13-16(6-7-17(18)12-14)15(2)21-19-8-10-20(22-3)11-9-19;1-6-7(2)9(4)10(5)8(6)3;;;/h4-5,7-13H,1-3H3;6-10H,1-5H3;1H3;1H;/q-1;;-1;;+3/p-1. The molecule has 4 heteroatoms. The summed E-state index contributed by atoms with van der Waals surface area (Å²) in [7, 11) is 6.30. The van der Waals surface area contributed by atoms with Gasteiger partial charge < -0.3 is 17.2 Å². The first-order valence-corrected chi connectivity index (χ1v) is 14.9. The molecule has 1 saturated carbocycles. The number of hydrogen-bond donors (Lipinski definition) is 0. The van der Waals surface area contributed by atoms with Gasteiger partial charge in [0.05, 0.1) is 12.8 Å². The Hall–Kier alpha value is -1.67. The number of hydrogen-bond acceptors (Lipinski definition) is 2. The Kier molecular flexibility index (Phi) is 13.2. The molecule has 0 atom stereocenters. The molecule has 35 heavy (non-hydrogen) atoms. The second-order valence-electron chi connectivity index (χ2n) is 9.67. The number of rotatable bonds is 3. The van der Waals surface area contributed by atoms with Crippen LogP contribution in [0, 0.1) is 50.0 Å². The molecule has 0 aliphatic heterocycles. The van der Waals surface area contributed by atoms with E-state index >= 15 is 0 Å². The molecular weight excluding hydrogens is 630 g/mol. The zero-order chi connectivity index (χ0) is 25.4. The van der Waals surface area contributed by atoms with Gasteiger partial charge >= 0.3 is 27.5 Å². The number of ether oxygens (including phenoxy) is 1. The van der Waals surface area contributed by atoms with Crippen molar-refractivity contribution in [1.29, 1.82) is 0 Å². The molecule has 0 spiro atoms. The second kappa shape index (κ2) is 14.8. The van der Waals surface area contributed by atoms with Crippen molar-refractivity contribution < 1.29 is 22.6 Å². The van der Waals surface area contributed by atoms with E-state index in [-0.39, 0.29) is 7.43 Å². The number of nitrogens with zero attached hydrogens (tertiary/aromatic N) is 1. The third kappa shape index (κ3) is 8.17.